The first-order valence-electron chi connectivity index (χ1n) is 8.69. The van der Waals surface area contributed by atoms with E-state index >= 15 is 0 Å². The summed E-state index contributed by atoms with van der Waals surface area (Å²) in [6.45, 7) is 5.88. The third-order valence-electron chi connectivity index (χ3n) is 4.21. The number of rotatable bonds is 6. The Morgan fingerprint density at radius 2 is 1.93 bits per heavy atom. The second kappa shape index (κ2) is 9.17. The number of halogens is 2. The summed E-state index contributed by atoms with van der Waals surface area (Å²) < 4.78 is 13.1. The van der Waals surface area contributed by atoms with Gasteiger partial charge in [0.2, 0.25) is 5.91 Å². The molecule has 1 aliphatic heterocycles. The lowest BCUT2D eigenvalue weighted by Crippen LogP contribution is -2.32. The zero-order valence-electron chi connectivity index (χ0n) is 15.3. The molecule has 0 aromatic heterocycles. The zero-order valence-corrected chi connectivity index (χ0v) is 16.9. The van der Waals surface area contributed by atoms with Crippen LogP contribution in [0.1, 0.15) is 18.1 Å². The third-order valence-corrected chi connectivity index (χ3v) is 5.63. The van der Waals surface area contributed by atoms with E-state index in [1.54, 1.807) is 30.0 Å². The highest BCUT2D eigenvalue weighted by atomic mass is 35.5. The summed E-state index contributed by atoms with van der Waals surface area (Å²) in [5, 5.41) is 9.45. The van der Waals surface area contributed by atoms with Crippen molar-refractivity contribution < 1.29 is 9.18 Å². The van der Waals surface area contributed by atoms with E-state index in [4.69, 9.17) is 11.6 Å². The lowest BCUT2D eigenvalue weighted by atomic mass is 10.1. The van der Waals surface area contributed by atoms with Gasteiger partial charge in [0.1, 0.15) is 5.82 Å². The predicted octanol–water partition coefficient (Wildman–Crippen LogP) is 4.93. The maximum absolute atomic E-state index is 13.1. The number of thioether (sulfide) groups is 1. The summed E-state index contributed by atoms with van der Waals surface area (Å²) in [5.74, 6) is -0.324. The van der Waals surface area contributed by atoms with Crippen molar-refractivity contribution in [2.75, 3.05) is 6.54 Å². The molecule has 0 spiro atoms. The number of carbonyl (C=O) groups excluding carboxylic acids is 1. The van der Waals surface area contributed by atoms with Crippen molar-refractivity contribution in [3.63, 3.8) is 0 Å². The van der Waals surface area contributed by atoms with Gasteiger partial charge in [-0.1, -0.05) is 53.7 Å². The number of carbonyl (C=O) groups is 1. The zero-order chi connectivity index (χ0) is 20.1. The first kappa shape index (κ1) is 20.3. The highest BCUT2D eigenvalue weighted by Gasteiger charge is 2.37. The van der Waals surface area contributed by atoms with Crippen LogP contribution in [0.5, 0.6) is 0 Å². The van der Waals surface area contributed by atoms with Gasteiger partial charge in [0.05, 0.1) is 11.0 Å². The third kappa shape index (κ3) is 4.88. The van der Waals surface area contributed by atoms with Gasteiger partial charge in [-0.2, -0.15) is 5.10 Å². The van der Waals surface area contributed by atoms with E-state index in [1.807, 2.05) is 24.3 Å². The van der Waals surface area contributed by atoms with Crippen LogP contribution in [0.4, 0.5) is 4.39 Å². The summed E-state index contributed by atoms with van der Waals surface area (Å²) >= 11 is 7.31. The predicted molar refractivity (Wildman–Crippen MR) is 114 cm³/mol. The van der Waals surface area contributed by atoms with Gasteiger partial charge in [0, 0.05) is 11.6 Å². The van der Waals surface area contributed by atoms with Crippen LogP contribution in [0.25, 0.3) is 0 Å². The molecule has 0 saturated carbocycles. The number of benzene rings is 2. The van der Waals surface area contributed by atoms with Crippen molar-refractivity contribution in [2.24, 2.45) is 10.2 Å². The fourth-order valence-corrected chi connectivity index (χ4v) is 3.98. The normalized spacial score (nSPS) is 18.8. The maximum atomic E-state index is 13.1. The number of hydrogen-bond acceptors (Lipinski definition) is 4. The van der Waals surface area contributed by atoms with E-state index in [0.29, 0.717) is 28.9 Å². The van der Waals surface area contributed by atoms with E-state index in [9.17, 15) is 9.18 Å². The van der Waals surface area contributed by atoms with E-state index in [0.717, 1.165) is 11.1 Å². The van der Waals surface area contributed by atoms with E-state index < -0.39 is 0 Å². The standard InChI is InChI=1S/C21H19ClFN3OS/c1-3-12-26-20(27)19(13-15-4-8-17(22)9-5-15)28-21(26)25-24-14(2)16-6-10-18(23)11-7-16/h3-11,19H,1,12-13H2,2H3/b24-14-,25-21+. The minimum Gasteiger partial charge on any atom is -0.285 e. The van der Waals surface area contributed by atoms with Crippen molar-refractivity contribution in [3.8, 4) is 0 Å². The van der Waals surface area contributed by atoms with Gasteiger partial charge in [-0.25, -0.2) is 4.39 Å². The summed E-state index contributed by atoms with van der Waals surface area (Å²) in [6, 6.07) is 13.5. The van der Waals surface area contributed by atoms with Gasteiger partial charge in [-0.15, -0.1) is 11.7 Å². The van der Waals surface area contributed by atoms with Crippen LogP contribution in [0.3, 0.4) is 0 Å². The van der Waals surface area contributed by atoms with Crippen LogP contribution in [-0.4, -0.2) is 33.5 Å². The van der Waals surface area contributed by atoms with Gasteiger partial charge >= 0.3 is 0 Å². The smallest absolute Gasteiger partial charge is 0.242 e. The Kier molecular flexibility index (Phi) is 6.65. The van der Waals surface area contributed by atoms with Crippen LogP contribution in [-0.2, 0) is 11.2 Å². The lowest BCUT2D eigenvalue weighted by Gasteiger charge is -2.13. The fraction of sp³-hybridized carbons (Fsp3) is 0.190. The van der Waals surface area contributed by atoms with Crippen LogP contribution in [0.2, 0.25) is 5.02 Å². The molecule has 1 unspecified atom stereocenters. The van der Waals surface area contributed by atoms with Gasteiger partial charge in [0.15, 0.2) is 5.17 Å². The quantitative estimate of drug-likeness (QED) is 0.381. The summed E-state index contributed by atoms with van der Waals surface area (Å²) in [6.07, 6.45) is 2.24. The molecule has 2 aromatic rings. The molecule has 1 amide bonds. The molecule has 1 fully saturated rings. The number of hydrogen-bond donors (Lipinski definition) is 0. The number of amidine groups is 1. The lowest BCUT2D eigenvalue weighted by molar-refractivity contribution is -0.125. The average Bonchev–Trinajstić information content (AvgIpc) is 2.98. The van der Waals surface area contributed by atoms with Crippen LogP contribution < -0.4 is 0 Å². The topological polar surface area (TPSA) is 45.0 Å². The first-order chi connectivity index (χ1) is 13.5. The Hall–Kier alpha value is -2.44. The van der Waals surface area contributed by atoms with Gasteiger partial charge in [0.25, 0.3) is 0 Å². The second-order valence-corrected chi connectivity index (χ2v) is 7.86. The van der Waals surface area contributed by atoms with E-state index in [2.05, 4.69) is 16.8 Å². The molecular formula is C21H19ClFN3OS. The van der Waals surface area contributed by atoms with Gasteiger partial charge < -0.3 is 0 Å². The molecule has 0 N–H and O–H groups in total. The minimum atomic E-state index is -0.304. The van der Waals surface area contributed by atoms with Crippen LogP contribution in [0, 0.1) is 5.82 Å². The maximum Gasteiger partial charge on any atom is 0.242 e. The van der Waals surface area contributed by atoms with Gasteiger partial charge in [-0.05, 0) is 48.7 Å². The molecule has 3 rings (SSSR count). The molecule has 0 aliphatic carbocycles. The molecular weight excluding hydrogens is 397 g/mol. The number of nitrogens with zero attached hydrogens (tertiary/aromatic N) is 3. The first-order valence-corrected chi connectivity index (χ1v) is 9.95. The molecule has 4 nitrogen and oxygen atoms in total. The Balaban J connectivity index is 1.80. The highest BCUT2D eigenvalue weighted by Crippen LogP contribution is 2.30. The Labute approximate surface area is 172 Å². The Morgan fingerprint density at radius 3 is 2.57 bits per heavy atom. The van der Waals surface area contributed by atoms with Crippen molar-refractivity contribution in [1.29, 1.82) is 0 Å². The molecule has 1 aliphatic rings. The highest BCUT2D eigenvalue weighted by molar-refractivity contribution is 8.15. The molecule has 1 atom stereocenters. The van der Waals surface area contributed by atoms with Crippen LogP contribution >= 0.6 is 23.4 Å². The summed E-state index contributed by atoms with van der Waals surface area (Å²) in [5.41, 5.74) is 2.44. The van der Waals surface area contributed by atoms with Crippen LogP contribution in [0.15, 0.2) is 71.4 Å². The van der Waals surface area contributed by atoms with Crippen molar-refractivity contribution in [1.82, 2.24) is 4.90 Å². The molecule has 1 heterocycles. The minimum absolute atomic E-state index is 0.0202. The summed E-state index contributed by atoms with van der Waals surface area (Å²) in [7, 11) is 0. The molecule has 28 heavy (non-hydrogen) atoms. The summed E-state index contributed by atoms with van der Waals surface area (Å²) in [4.78, 5) is 14.4. The van der Waals surface area contributed by atoms with Crippen molar-refractivity contribution in [2.45, 2.75) is 18.6 Å². The fourth-order valence-electron chi connectivity index (χ4n) is 2.71. The Bertz CT molecular complexity index is 926. The Morgan fingerprint density at radius 1 is 1.25 bits per heavy atom. The second-order valence-electron chi connectivity index (χ2n) is 6.25. The van der Waals surface area contributed by atoms with Gasteiger partial charge in [-0.3, -0.25) is 9.69 Å². The van der Waals surface area contributed by atoms with E-state index in [-0.39, 0.29) is 17.0 Å². The van der Waals surface area contributed by atoms with Crippen molar-refractivity contribution in [3.05, 3.63) is 83.2 Å². The van der Waals surface area contributed by atoms with Crippen molar-refractivity contribution >= 4 is 40.1 Å². The monoisotopic (exact) mass is 415 g/mol. The molecule has 2 aromatic carbocycles. The molecule has 7 heteroatoms. The average molecular weight is 416 g/mol. The molecule has 1 saturated heterocycles. The number of amides is 1. The van der Waals surface area contributed by atoms with E-state index in [1.165, 1.54) is 23.9 Å². The molecule has 0 bridgehead atoms. The molecule has 0 radical (unpaired) electrons. The molecule has 144 valence electrons. The SMILES string of the molecule is C=CCN1C(=O)C(Cc2ccc(Cl)cc2)S/C1=N/N=C(/C)c1ccc(F)cc1. The largest absolute Gasteiger partial charge is 0.285 e.